The van der Waals surface area contributed by atoms with E-state index in [1.807, 2.05) is 0 Å². The summed E-state index contributed by atoms with van der Waals surface area (Å²) in [5, 5.41) is 4.56. The van der Waals surface area contributed by atoms with E-state index in [9.17, 15) is 18.0 Å². The van der Waals surface area contributed by atoms with E-state index < -0.39 is 44.7 Å². The van der Waals surface area contributed by atoms with E-state index in [2.05, 4.69) is 5.10 Å². The molecule has 2 heterocycles. The second-order valence-corrected chi connectivity index (χ2v) is 11.4. The first-order valence-electron chi connectivity index (χ1n) is 10.3. The third-order valence-electron chi connectivity index (χ3n) is 5.32. The summed E-state index contributed by atoms with van der Waals surface area (Å²) < 4.78 is 47.2. The molecule has 0 saturated carbocycles. The number of nitrogens with two attached hydrogens (primary N) is 1. The molecule has 0 aliphatic carbocycles. The predicted octanol–water partition coefficient (Wildman–Crippen LogP) is 2.70. The van der Waals surface area contributed by atoms with Gasteiger partial charge < -0.3 is 15.1 Å². The summed E-state index contributed by atoms with van der Waals surface area (Å²) in [5.41, 5.74) is 5.45. The summed E-state index contributed by atoms with van der Waals surface area (Å²) in [6.45, 7) is 5.11. The standard InChI is InChI=1S/C22H22ClFN4O5S/c1-22(2,3)28-21(30)33-19(26-28)14-8-17-18(9-15(14)24)34(31,32)11-16(25)20(29)27(17)10-12-4-6-13(23)7-5-12/h4-9,16H,10-11,25H2,1-3H3/t16-/m0/s1. The molecule has 4 rings (SSSR count). The van der Waals surface area contributed by atoms with Crippen molar-refractivity contribution in [3.8, 4) is 11.5 Å². The first kappa shape index (κ1) is 24.1. The molecule has 180 valence electrons. The molecular formula is C22H22ClFN4O5S. The number of rotatable bonds is 3. The number of hydrogen-bond acceptors (Lipinski definition) is 7. The summed E-state index contributed by atoms with van der Waals surface area (Å²) in [6.07, 6.45) is 0. The Morgan fingerprint density at radius 2 is 1.85 bits per heavy atom. The lowest BCUT2D eigenvalue weighted by atomic mass is 10.1. The van der Waals surface area contributed by atoms with Gasteiger partial charge in [0.25, 0.3) is 5.89 Å². The third-order valence-corrected chi connectivity index (χ3v) is 7.37. The Kier molecular flexibility index (Phi) is 5.91. The van der Waals surface area contributed by atoms with Gasteiger partial charge in [-0.1, -0.05) is 23.7 Å². The van der Waals surface area contributed by atoms with Crippen LogP contribution in [0.1, 0.15) is 26.3 Å². The molecule has 0 radical (unpaired) electrons. The molecule has 0 spiro atoms. The van der Waals surface area contributed by atoms with Crippen LogP contribution in [0.4, 0.5) is 10.1 Å². The molecule has 1 aliphatic rings. The number of fused-ring (bicyclic) bond motifs is 1. The topological polar surface area (TPSA) is 128 Å². The highest BCUT2D eigenvalue weighted by Gasteiger charge is 2.37. The minimum Gasteiger partial charge on any atom is -0.387 e. The molecule has 0 bridgehead atoms. The highest BCUT2D eigenvalue weighted by atomic mass is 35.5. The summed E-state index contributed by atoms with van der Waals surface area (Å²) in [7, 11) is -4.11. The summed E-state index contributed by atoms with van der Waals surface area (Å²) in [4.78, 5) is 26.2. The van der Waals surface area contributed by atoms with Crippen molar-refractivity contribution in [3.63, 3.8) is 0 Å². The fourth-order valence-corrected chi connectivity index (χ4v) is 5.32. The normalized spacial score (nSPS) is 18.0. The summed E-state index contributed by atoms with van der Waals surface area (Å²) in [5.74, 6) is -3.45. The molecule has 2 aromatic carbocycles. The molecule has 34 heavy (non-hydrogen) atoms. The van der Waals surface area contributed by atoms with Crippen LogP contribution in [0.25, 0.3) is 11.5 Å². The average Bonchev–Trinajstić information content (AvgIpc) is 3.12. The predicted molar refractivity (Wildman–Crippen MR) is 124 cm³/mol. The molecule has 3 aromatic rings. The van der Waals surface area contributed by atoms with Crippen molar-refractivity contribution in [1.82, 2.24) is 9.78 Å². The van der Waals surface area contributed by atoms with Gasteiger partial charge in [-0.25, -0.2) is 17.6 Å². The first-order valence-corrected chi connectivity index (χ1v) is 12.3. The maximum atomic E-state index is 15.1. The number of amides is 1. The van der Waals surface area contributed by atoms with Crippen LogP contribution < -0.4 is 16.4 Å². The largest absolute Gasteiger partial charge is 0.437 e. The molecule has 12 heteroatoms. The van der Waals surface area contributed by atoms with Crippen molar-refractivity contribution in [1.29, 1.82) is 0 Å². The van der Waals surface area contributed by atoms with E-state index in [1.54, 1.807) is 45.0 Å². The Labute approximate surface area is 199 Å². The lowest BCUT2D eigenvalue weighted by Gasteiger charge is -2.24. The first-order chi connectivity index (χ1) is 15.8. The van der Waals surface area contributed by atoms with Crippen molar-refractivity contribution in [2.24, 2.45) is 5.73 Å². The van der Waals surface area contributed by atoms with Crippen molar-refractivity contribution >= 4 is 33.0 Å². The Morgan fingerprint density at radius 1 is 1.21 bits per heavy atom. The number of carbonyl (C=O) groups is 1. The number of carbonyl (C=O) groups excluding carboxylic acids is 1. The average molecular weight is 509 g/mol. The van der Waals surface area contributed by atoms with Gasteiger partial charge in [-0.15, -0.1) is 5.10 Å². The lowest BCUT2D eigenvalue weighted by Crippen LogP contribution is -2.45. The highest BCUT2D eigenvalue weighted by Crippen LogP contribution is 2.36. The highest BCUT2D eigenvalue weighted by molar-refractivity contribution is 7.91. The number of halogens is 2. The molecule has 1 amide bonds. The van der Waals surface area contributed by atoms with Crippen LogP contribution in [0.5, 0.6) is 0 Å². The van der Waals surface area contributed by atoms with Gasteiger partial charge in [-0.05, 0) is 50.6 Å². The fourth-order valence-electron chi connectivity index (χ4n) is 3.63. The third kappa shape index (κ3) is 4.38. The van der Waals surface area contributed by atoms with Gasteiger partial charge in [0.15, 0.2) is 9.84 Å². The number of nitrogens with zero attached hydrogens (tertiary/aromatic N) is 3. The number of benzene rings is 2. The fraction of sp³-hybridized carbons (Fsp3) is 0.318. The maximum Gasteiger partial charge on any atom is 0.437 e. The Hall–Kier alpha value is -3.02. The molecular weight excluding hydrogens is 487 g/mol. The van der Waals surface area contributed by atoms with Gasteiger partial charge in [-0.2, -0.15) is 4.68 Å². The quantitative estimate of drug-likeness (QED) is 0.575. The second kappa shape index (κ2) is 8.33. The van der Waals surface area contributed by atoms with Gasteiger partial charge in [0.05, 0.1) is 40.0 Å². The minimum atomic E-state index is -4.11. The zero-order chi connectivity index (χ0) is 25.0. The molecule has 0 saturated heterocycles. The number of hydrogen-bond donors (Lipinski definition) is 1. The monoisotopic (exact) mass is 508 g/mol. The van der Waals surface area contributed by atoms with Crippen LogP contribution in [0.3, 0.4) is 0 Å². The van der Waals surface area contributed by atoms with Crippen LogP contribution in [0.2, 0.25) is 5.02 Å². The van der Waals surface area contributed by atoms with Crippen LogP contribution in [0, 0.1) is 5.82 Å². The molecule has 9 nitrogen and oxygen atoms in total. The smallest absolute Gasteiger partial charge is 0.387 e. The van der Waals surface area contributed by atoms with Crippen LogP contribution in [0.15, 0.2) is 50.5 Å². The zero-order valence-corrected chi connectivity index (χ0v) is 20.2. The van der Waals surface area contributed by atoms with Gasteiger partial charge in [0.1, 0.15) is 5.82 Å². The van der Waals surface area contributed by atoms with Crippen molar-refractivity contribution < 1.29 is 22.0 Å². The minimum absolute atomic E-state index is 0.0440. The van der Waals surface area contributed by atoms with Crippen molar-refractivity contribution in [3.05, 3.63) is 63.4 Å². The van der Waals surface area contributed by atoms with Crippen LogP contribution in [-0.2, 0) is 26.7 Å². The number of anilines is 1. The van der Waals surface area contributed by atoms with Gasteiger partial charge >= 0.3 is 5.76 Å². The van der Waals surface area contributed by atoms with Gasteiger partial charge in [-0.3, -0.25) is 4.79 Å². The van der Waals surface area contributed by atoms with E-state index in [0.29, 0.717) is 10.6 Å². The van der Waals surface area contributed by atoms with Crippen LogP contribution >= 0.6 is 11.6 Å². The maximum absolute atomic E-state index is 15.1. The molecule has 1 aliphatic heterocycles. The van der Waals surface area contributed by atoms with E-state index in [4.69, 9.17) is 21.8 Å². The molecule has 2 N–H and O–H groups in total. The lowest BCUT2D eigenvalue weighted by molar-refractivity contribution is -0.119. The van der Waals surface area contributed by atoms with E-state index in [-0.39, 0.29) is 28.6 Å². The van der Waals surface area contributed by atoms with E-state index in [0.717, 1.165) is 16.8 Å². The Bertz CT molecular complexity index is 1440. The van der Waals surface area contributed by atoms with E-state index in [1.165, 1.54) is 4.90 Å². The molecule has 1 atom stereocenters. The molecule has 0 unspecified atom stereocenters. The van der Waals surface area contributed by atoms with Gasteiger partial charge in [0.2, 0.25) is 5.91 Å². The Morgan fingerprint density at radius 3 is 2.44 bits per heavy atom. The number of sulfone groups is 1. The van der Waals surface area contributed by atoms with Crippen molar-refractivity contribution in [2.75, 3.05) is 10.7 Å². The molecule has 0 fully saturated rings. The molecule has 1 aromatic heterocycles. The SMILES string of the molecule is CC(C)(C)n1nc(-c2cc3c(cc2F)S(=O)(=O)C[C@H](N)C(=O)N3Cc2ccc(Cl)cc2)oc1=O. The Balaban J connectivity index is 1.92. The number of aromatic nitrogens is 2. The summed E-state index contributed by atoms with van der Waals surface area (Å²) >= 11 is 5.94. The van der Waals surface area contributed by atoms with Crippen molar-refractivity contribution in [2.45, 2.75) is 43.8 Å². The zero-order valence-electron chi connectivity index (χ0n) is 18.6. The second-order valence-electron chi connectivity index (χ2n) is 8.99. The van der Waals surface area contributed by atoms with Gasteiger partial charge in [0, 0.05) is 5.02 Å². The van der Waals surface area contributed by atoms with E-state index >= 15 is 4.39 Å². The summed E-state index contributed by atoms with van der Waals surface area (Å²) in [6, 6.07) is 7.20. The van der Waals surface area contributed by atoms with Crippen LogP contribution in [-0.4, -0.2) is 35.9 Å².